The summed E-state index contributed by atoms with van der Waals surface area (Å²) < 4.78 is 1.19. The molecule has 0 bridgehead atoms. The number of carbonyl (C=O) groups excluding carboxylic acids is 1. The van der Waals surface area contributed by atoms with Gasteiger partial charge in [-0.1, -0.05) is 11.6 Å². The quantitative estimate of drug-likeness (QED) is 0.680. The molecule has 2 amide bonds. The molecular weight excluding hydrogens is 318 g/mol. The summed E-state index contributed by atoms with van der Waals surface area (Å²) in [4.78, 5) is 16.4. The molecule has 0 radical (unpaired) electrons. The van der Waals surface area contributed by atoms with Crippen LogP contribution in [0.2, 0.25) is 0 Å². The van der Waals surface area contributed by atoms with Crippen molar-refractivity contribution in [3.05, 3.63) is 59.8 Å². The minimum Gasteiger partial charge on any atom is -0.314 e. The third-order valence-electron chi connectivity index (χ3n) is 3.43. The monoisotopic (exact) mass is 337 g/mol. The number of urea groups is 1. The van der Waals surface area contributed by atoms with Crippen molar-refractivity contribution in [2.24, 2.45) is 0 Å². The van der Waals surface area contributed by atoms with Crippen LogP contribution in [0.5, 0.6) is 0 Å². The van der Waals surface area contributed by atoms with Crippen LogP contribution in [0.25, 0.3) is 20.8 Å². The summed E-state index contributed by atoms with van der Waals surface area (Å²) in [6.45, 7) is 5.93. The molecule has 0 aliphatic rings. The van der Waals surface area contributed by atoms with Gasteiger partial charge in [-0.25, -0.2) is 9.78 Å². The Bertz CT molecular complexity index is 906. The lowest BCUT2D eigenvalue weighted by Crippen LogP contribution is -2.24. The number of fused-ring (bicyclic) bond motifs is 1. The molecule has 0 spiro atoms. The molecule has 5 heteroatoms. The zero-order valence-electron chi connectivity index (χ0n) is 13.9. The van der Waals surface area contributed by atoms with E-state index in [0.717, 1.165) is 27.3 Å². The summed E-state index contributed by atoms with van der Waals surface area (Å²) in [5.41, 5.74) is 5.08. The first-order valence-corrected chi connectivity index (χ1v) is 8.51. The molecule has 0 fully saturated rings. The number of thiazole rings is 1. The largest absolute Gasteiger partial charge is 0.323 e. The fourth-order valence-electron chi connectivity index (χ4n) is 2.23. The molecule has 4 nitrogen and oxygen atoms in total. The number of amides is 2. The number of hydrogen-bond donors (Lipinski definition) is 2. The van der Waals surface area contributed by atoms with Gasteiger partial charge in [-0.15, -0.1) is 11.3 Å². The number of nitrogens with zero attached hydrogens (tertiary/aromatic N) is 1. The number of rotatable bonds is 3. The third-order valence-corrected chi connectivity index (χ3v) is 4.49. The van der Waals surface area contributed by atoms with Gasteiger partial charge >= 0.3 is 6.03 Å². The maximum atomic E-state index is 11.7. The summed E-state index contributed by atoms with van der Waals surface area (Å²) in [5.74, 6) is 0. The van der Waals surface area contributed by atoms with E-state index < -0.39 is 0 Å². The Morgan fingerprint density at radius 2 is 1.88 bits per heavy atom. The van der Waals surface area contributed by atoms with E-state index in [-0.39, 0.29) is 6.03 Å². The van der Waals surface area contributed by atoms with Crippen LogP contribution in [-0.4, -0.2) is 11.0 Å². The lowest BCUT2D eigenvalue weighted by molar-refractivity contribution is 0.255. The van der Waals surface area contributed by atoms with Crippen molar-refractivity contribution >= 4 is 33.3 Å². The van der Waals surface area contributed by atoms with Gasteiger partial charge in [0.25, 0.3) is 0 Å². The molecule has 0 atom stereocenters. The molecule has 1 aromatic heterocycles. The highest BCUT2D eigenvalue weighted by atomic mass is 32.1. The average Bonchev–Trinajstić information content (AvgIpc) is 2.96. The van der Waals surface area contributed by atoms with E-state index in [4.69, 9.17) is 0 Å². The smallest absolute Gasteiger partial charge is 0.314 e. The topological polar surface area (TPSA) is 54.0 Å². The first-order valence-electron chi connectivity index (χ1n) is 7.70. The fourth-order valence-corrected chi connectivity index (χ4v) is 3.30. The van der Waals surface area contributed by atoms with Crippen molar-refractivity contribution in [2.75, 3.05) is 5.32 Å². The first-order chi connectivity index (χ1) is 11.5. The van der Waals surface area contributed by atoms with Crippen LogP contribution in [0.1, 0.15) is 19.4 Å². The van der Waals surface area contributed by atoms with Gasteiger partial charge in [-0.2, -0.15) is 0 Å². The number of anilines is 1. The molecule has 0 aliphatic carbocycles. The van der Waals surface area contributed by atoms with E-state index in [1.165, 1.54) is 10.3 Å². The number of carbonyl (C=O) groups is 1. The minimum atomic E-state index is -0.251. The minimum absolute atomic E-state index is 0.251. The summed E-state index contributed by atoms with van der Waals surface area (Å²) in [6.07, 6.45) is 1.67. The van der Waals surface area contributed by atoms with Crippen molar-refractivity contribution in [1.29, 1.82) is 0 Å². The Balaban J connectivity index is 1.75. The predicted molar refractivity (Wildman–Crippen MR) is 101 cm³/mol. The van der Waals surface area contributed by atoms with Gasteiger partial charge in [0.1, 0.15) is 5.01 Å². The molecule has 3 rings (SSSR count). The number of benzene rings is 2. The Hall–Kier alpha value is -2.66. The highest BCUT2D eigenvalue weighted by Gasteiger charge is 2.07. The lowest BCUT2D eigenvalue weighted by Gasteiger charge is -2.05. The van der Waals surface area contributed by atoms with Crippen LogP contribution < -0.4 is 10.6 Å². The van der Waals surface area contributed by atoms with E-state index in [1.807, 2.05) is 44.2 Å². The van der Waals surface area contributed by atoms with Gasteiger partial charge in [-0.05, 0) is 62.7 Å². The number of hydrogen-bond acceptors (Lipinski definition) is 3. The van der Waals surface area contributed by atoms with Crippen LogP contribution in [0.3, 0.4) is 0 Å². The van der Waals surface area contributed by atoms with Crippen LogP contribution in [-0.2, 0) is 0 Å². The van der Waals surface area contributed by atoms with E-state index in [0.29, 0.717) is 0 Å². The second-order valence-corrected chi connectivity index (χ2v) is 6.92. The van der Waals surface area contributed by atoms with Gasteiger partial charge in [0.05, 0.1) is 10.2 Å². The second-order valence-electron chi connectivity index (χ2n) is 5.89. The highest BCUT2D eigenvalue weighted by Crippen LogP contribution is 2.31. The molecule has 0 saturated heterocycles. The second kappa shape index (κ2) is 6.84. The van der Waals surface area contributed by atoms with Crippen molar-refractivity contribution in [2.45, 2.75) is 20.8 Å². The maximum absolute atomic E-state index is 11.7. The maximum Gasteiger partial charge on any atom is 0.323 e. The predicted octanol–water partition coefficient (Wildman–Crippen LogP) is 5.32. The van der Waals surface area contributed by atoms with Crippen molar-refractivity contribution in [3.63, 3.8) is 0 Å². The zero-order chi connectivity index (χ0) is 17.1. The van der Waals surface area contributed by atoms with Gasteiger partial charge in [-0.3, -0.25) is 0 Å². The molecule has 0 saturated carbocycles. The molecule has 0 unspecified atom stereocenters. The first kappa shape index (κ1) is 16.2. The molecule has 24 heavy (non-hydrogen) atoms. The summed E-state index contributed by atoms with van der Waals surface area (Å²) in [6, 6.07) is 13.7. The Morgan fingerprint density at radius 1 is 1.12 bits per heavy atom. The normalized spacial score (nSPS) is 10.5. The third kappa shape index (κ3) is 3.81. The summed E-state index contributed by atoms with van der Waals surface area (Å²) in [7, 11) is 0. The number of aromatic nitrogens is 1. The average molecular weight is 337 g/mol. The van der Waals surface area contributed by atoms with E-state index >= 15 is 0 Å². The van der Waals surface area contributed by atoms with Crippen LogP contribution in [0, 0.1) is 6.92 Å². The molecule has 2 aromatic carbocycles. The zero-order valence-corrected chi connectivity index (χ0v) is 14.7. The van der Waals surface area contributed by atoms with E-state index in [2.05, 4.69) is 34.7 Å². The van der Waals surface area contributed by atoms with Crippen molar-refractivity contribution in [1.82, 2.24) is 10.3 Å². The fraction of sp³-hybridized carbons (Fsp3) is 0.158. The highest BCUT2D eigenvalue weighted by molar-refractivity contribution is 7.21. The van der Waals surface area contributed by atoms with Gasteiger partial charge in [0.15, 0.2) is 0 Å². The number of aryl methyl sites for hydroxylation is 1. The molecule has 1 heterocycles. The molecular formula is C19H19N3OS. The molecule has 122 valence electrons. The molecule has 2 N–H and O–H groups in total. The Morgan fingerprint density at radius 3 is 2.58 bits per heavy atom. The van der Waals surface area contributed by atoms with Crippen LogP contribution >= 0.6 is 11.3 Å². The Kier molecular flexibility index (Phi) is 4.62. The summed E-state index contributed by atoms with van der Waals surface area (Å²) >= 11 is 1.68. The standard InChI is InChI=1S/C19H19N3OS/c1-12(2)11-20-19(23)21-15-7-5-14(6-8-15)18-22-16-9-4-13(3)10-17(16)24-18/h4-11H,1-3H3,(H2,20,21,23). The van der Waals surface area contributed by atoms with Gasteiger partial charge in [0, 0.05) is 17.5 Å². The number of allylic oxidation sites excluding steroid dienone is 1. The van der Waals surface area contributed by atoms with E-state index in [1.54, 1.807) is 17.5 Å². The van der Waals surface area contributed by atoms with Gasteiger partial charge < -0.3 is 10.6 Å². The summed E-state index contributed by atoms with van der Waals surface area (Å²) in [5, 5.41) is 6.46. The van der Waals surface area contributed by atoms with Crippen LogP contribution in [0.4, 0.5) is 10.5 Å². The van der Waals surface area contributed by atoms with Crippen molar-refractivity contribution < 1.29 is 4.79 Å². The number of nitrogens with one attached hydrogen (secondary N) is 2. The molecule has 0 aliphatic heterocycles. The molecule has 3 aromatic rings. The van der Waals surface area contributed by atoms with Crippen molar-refractivity contribution in [3.8, 4) is 10.6 Å². The van der Waals surface area contributed by atoms with E-state index in [9.17, 15) is 4.79 Å². The Labute approximate surface area is 145 Å². The van der Waals surface area contributed by atoms with Gasteiger partial charge in [0.2, 0.25) is 0 Å². The SMILES string of the molecule is CC(C)=CNC(=O)Nc1ccc(-c2nc3ccc(C)cc3s2)cc1. The lowest BCUT2D eigenvalue weighted by atomic mass is 10.2. The van der Waals surface area contributed by atoms with Crippen LogP contribution in [0.15, 0.2) is 54.2 Å².